The number of hydrogen-bond donors (Lipinski definition) is 1. The summed E-state index contributed by atoms with van der Waals surface area (Å²) in [5, 5.41) is 0.946. The van der Waals surface area contributed by atoms with Crippen LogP contribution in [0.3, 0.4) is 0 Å². The molecule has 0 unspecified atom stereocenters. The van der Waals surface area contributed by atoms with E-state index in [1.807, 2.05) is 18.2 Å². The molecule has 0 bridgehead atoms. The fourth-order valence-corrected chi connectivity index (χ4v) is 2.26. The summed E-state index contributed by atoms with van der Waals surface area (Å²) in [5.41, 5.74) is 3.03. The molecule has 0 fully saturated rings. The van der Waals surface area contributed by atoms with Crippen molar-refractivity contribution in [3.8, 4) is 0 Å². The third-order valence-electron chi connectivity index (χ3n) is 2.42. The molecule has 0 atom stereocenters. The molecule has 0 amide bonds. The molecule has 1 aromatic heterocycles. The number of nitrogens with zero attached hydrogens (tertiary/aromatic N) is 1. The lowest BCUT2D eigenvalue weighted by Crippen LogP contribution is -2.06. The highest BCUT2D eigenvalue weighted by Gasteiger charge is 2.27. The highest BCUT2D eigenvalue weighted by atomic mass is 32.2. The van der Waals surface area contributed by atoms with Gasteiger partial charge in [-0.15, -0.1) is 0 Å². The SMILES string of the molecule is Nc1cccc2ccn(CCSC(F)(F)F)c12. The lowest BCUT2D eigenvalue weighted by molar-refractivity contribution is -0.0328. The summed E-state index contributed by atoms with van der Waals surface area (Å²) in [6.07, 6.45) is 1.76. The maximum Gasteiger partial charge on any atom is 0.441 e. The molecule has 2 rings (SSSR count). The van der Waals surface area contributed by atoms with Crippen molar-refractivity contribution in [1.29, 1.82) is 0 Å². The normalized spacial score (nSPS) is 12.2. The Morgan fingerprint density at radius 2 is 2.00 bits per heavy atom. The van der Waals surface area contributed by atoms with Gasteiger partial charge >= 0.3 is 5.51 Å². The van der Waals surface area contributed by atoms with Gasteiger partial charge in [0.15, 0.2) is 0 Å². The Morgan fingerprint density at radius 3 is 2.71 bits per heavy atom. The molecule has 2 nitrogen and oxygen atoms in total. The molecule has 1 aromatic carbocycles. The second-order valence-corrected chi connectivity index (χ2v) is 4.75. The van der Waals surface area contributed by atoms with Crippen LogP contribution in [0.2, 0.25) is 0 Å². The number of para-hydroxylation sites is 1. The number of hydrogen-bond acceptors (Lipinski definition) is 2. The fourth-order valence-electron chi connectivity index (χ4n) is 1.74. The second-order valence-electron chi connectivity index (χ2n) is 3.59. The van der Waals surface area contributed by atoms with Gasteiger partial charge in [0.05, 0.1) is 11.2 Å². The molecule has 2 N–H and O–H groups in total. The first-order valence-electron chi connectivity index (χ1n) is 5.01. The van der Waals surface area contributed by atoms with Crippen LogP contribution in [0.4, 0.5) is 18.9 Å². The second kappa shape index (κ2) is 4.52. The van der Waals surface area contributed by atoms with E-state index < -0.39 is 5.51 Å². The molecule has 0 radical (unpaired) electrons. The zero-order valence-electron chi connectivity index (χ0n) is 8.87. The molecular formula is C11H11F3N2S. The number of aryl methyl sites for hydroxylation is 1. The highest BCUT2D eigenvalue weighted by molar-refractivity contribution is 8.00. The first kappa shape index (κ1) is 12.2. The number of rotatable bonds is 3. The third-order valence-corrected chi connectivity index (χ3v) is 3.13. The lowest BCUT2D eigenvalue weighted by Gasteiger charge is -2.08. The lowest BCUT2D eigenvalue weighted by atomic mass is 10.2. The number of benzene rings is 1. The average Bonchev–Trinajstić information content (AvgIpc) is 2.61. The van der Waals surface area contributed by atoms with Crippen LogP contribution in [0.5, 0.6) is 0 Å². The van der Waals surface area contributed by atoms with Crippen molar-refractivity contribution in [2.24, 2.45) is 0 Å². The summed E-state index contributed by atoms with van der Waals surface area (Å²) >= 11 is -0.0154. The molecule has 0 spiro atoms. The maximum absolute atomic E-state index is 12.0. The Balaban J connectivity index is 2.14. The number of nitrogens with two attached hydrogens (primary N) is 1. The van der Waals surface area contributed by atoms with Crippen LogP contribution < -0.4 is 5.73 Å². The Bertz CT molecular complexity index is 519. The van der Waals surface area contributed by atoms with Crippen LogP contribution >= 0.6 is 11.8 Å². The van der Waals surface area contributed by atoms with Gasteiger partial charge in [-0.1, -0.05) is 12.1 Å². The van der Waals surface area contributed by atoms with E-state index in [0.29, 0.717) is 12.2 Å². The largest absolute Gasteiger partial charge is 0.441 e. The van der Waals surface area contributed by atoms with E-state index in [2.05, 4.69) is 0 Å². The van der Waals surface area contributed by atoms with Gasteiger partial charge in [0.1, 0.15) is 0 Å². The first-order chi connectivity index (χ1) is 7.97. The van der Waals surface area contributed by atoms with Crippen LogP contribution in [0.25, 0.3) is 10.9 Å². The molecule has 0 aliphatic rings. The number of alkyl halides is 3. The van der Waals surface area contributed by atoms with E-state index in [1.54, 1.807) is 16.8 Å². The van der Waals surface area contributed by atoms with Crippen molar-refractivity contribution >= 4 is 28.4 Å². The Kier molecular flexibility index (Phi) is 3.24. The molecule has 0 aliphatic carbocycles. The standard InChI is InChI=1S/C11H11F3N2S/c12-11(13,14)17-7-6-16-5-4-8-2-1-3-9(15)10(8)16/h1-5H,6-7,15H2. The van der Waals surface area contributed by atoms with E-state index >= 15 is 0 Å². The predicted molar refractivity (Wildman–Crippen MR) is 64.9 cm³/mol. The first-order valence-corrected chi connectivity index (χ1v) is 6.00. The molecule has 92 valence electrons. The minimum atomic E-state index is -4.17. The van der Waals surface area contributed by atoms with E-state index in [4.69, 9.17) is 5.73 Å². The zero-order valence-corrected chi connectivity index (χ0v) is 9.68. The summed E-state index contributed by atoms with van der Waals surface area (Å²) < 4.78 is 37.8. The zero-order chi connectivity index (χ0) is 12.5. The van der Waals surface area contributed by atoms with Crippen molar-refractivity contribution in [2.75, 3.05) is 11.5 Å². The fraction of sp³-hybridized carbons (Fsp3) is 0.273. The van der Waals surface area contributed by atoms with E-state index in [9.17, 15) is 13.2 Å². The molecule has 0 aliphatic heterocycles. The van der Waals surface area contributed by atoms with E-state index in [1.165, 1.54) is 0 Å². The van der Waals surface area contributed by atoms with E-state index in [-0.39, 0.29) is 17.5 Å². The molecule has 6 heteroatoms. The van der Waals surface area contributed by atoms with Gasteiger partial charge < -0.3 is 10.3 Å². The summed E-state index contributed by atoms with van der Waals surface area (Å²) in [6, 6.07) is 7.31. The van der Waals surface area contributed by atoms with Gasteiger partial charge in [-0.25, -0.2) is 0 Å². The van der Waals surface area contributed by atoms with Crippen molar-refractivity contribution in [3.63, 3.8) is 0 Å². The summed E-state index contributed by atoms with van der Waals surface area (Å²) in [7, 11) is 0. The molecule has 2 aromatic rings. The highest BCUT2D eigenvalue weighted by Crippen LogP contribution is 2.30. The van der Waals surface area contributed by atoms with Gasteiger partial charge in [-0.2, -0.15) is 13.2 Å². The monoisotopic (exact) mass is 260 g/mol. The van der Waals surface area contributed by atoms with Crippen LogP contribution in [0.15, 0.2) is 30.5 Å². The predicted octanol–water partition coefficient (Wildman–Crippen LogP) is 3.48. The Labute approximate surface area is 101 Å². The van der Waals surface area contributed by atoms with Crippen molar-refractivity contribution in [3.05, 3.63) is 30.5 Å². The van der Waals surface area contributed by atoms with Crippen LogP contribution in [0.1, 0.15) is 0 Å². The van der Waals surface area contributed by atoms with Gasteiger partial charge in [0.2, 0.25) is 0 Å². The molecule has 17 heavy (non-hydrogen) atoms. The minimum Gasteiger partial charge on any atom is -0.397 e. The Morgan fingerprint density at radius 1 is 1.24 bits per heavy atom. The molecular weight excluding hydrogens is 249 g/mol. The number of anilines is 1. The van der Waals surface area contributed by atoms with Gasteiger partial charge in [-0.05, 0) is 23.9 Å². The van der Waals surface area contributed by atoms with Crippen molar-refractivity contribution in [1.82, 2.24) is 4.57 Å². The number of thioether (sulfide) groups is 1. The quantitative estimate of drug-likeness (QED) is 0.856. The Hall–Kier alpha value is -1.30. The number of aromatic nitrogens is 1. The van der Waals surface area contributed by atoms with Gasteiger partial charge in [0, 0.05) is 23.9 Å². The van der Waals surface area contributed by atoms with E-state index in [0.717, 1.165) is 10.9 Å². The minimum absolute atomic E-state index is 0.0123. The van der Waals surface area contributed by atoms with Crippen molar-refractivity contribution < 1.29 is 13.2 Å². The molecule has 0 saturated carbocycles. The van der Waals surface area contributed by atoms with Crippen molar-refractivity contribution in [2.45, 2.75) is 12.1 Å². The summed E-state index contributed by atoms with van der Waals surface area (Å²) in [5.74, 6) is -0.0123. The number of halogens is 3. The molecule has 1 heterocycles. The van der Waals surface area contributed by atoms with Gasteiger partial charge in [-0.3, -0.25) is 0 Å². The summed E-state index contributed by atoms with van der Waals surface area (Å²) in [6.45, 7) is 0.294. The van der Waals surface area contributed by atoms with Crippen LogP contribution in [-0.2, 0) is 6.54 Å². The third kappa shape index (κ3) is 2.88. The topological polar surface area (TPSA) is 30.9 Å². The number of nitrogen functional groups attached to an aromatic ring is 1. The summed E-state index contributed by atoms with van der Waals surface area (Å²) in [4.78, 5) is 0. The average molecular weight is 260 g/mol. The van der Waals surface area contributed by atoms with Crippen LogP contribution in [0, 0.1) is 0 Å². The maximum atomic E-state index is 12.0. The molecule has 0 saturated heterocycles. The smallest absolute Gasteiger partial charge is 0.397 e. The van der Waals surface area contributed by atoms with Gasteiger partial charge in [0.25, 0.3) is 0 Å². The number of fused-ring (bicyclic) bond motifs is 1. The van der Waals surface area contributed by atoms with Crippen LogP contribution in [-0.4, -0.2) is 15.8 Å².